The highest BCUT2D eigenvalue weighted by Gasteiger charge is 2.28. The molecule has 1 aromatic rings. The lowest BCUT2D eigenvalue weighted by Crippen LogP contribution is -2.51. The second-order valence-corrected chi connectivity index (χ2v) is 6.39. The minimum absolute atomic E-state index is 0.0161. The number of imide groups is 1. The molecule has 3 amide bonds. The number of carbonyl (C=O) groups is 2. The van der Waals surface area contributed by atoms with Crippen LogP contribution in [0.25, 0.3) is 0 Å². The van der Waals surface area contributed by atoms with Crippen LogP contribution in [-0.2, 0) is 11.3 Å². The standard InChI is InChI=1S/C17H23F3N4O2/c1-13-3-2-4-14(9-13)10-23-5-7-24(8-6-23)11-15(25)22-16(26)21-12-17(18,19)20/h2-4,9H,5-8,10-12H2,1H3,(H2,21,22,25,26). The van der Waals surface area contributed by atoms with E-state index < -0.39 is 24.7 Å². The van der Waals surface area contributed by atoms with E-state index in [1.54, 1.807) is 5.32 Å². The third kappa shape index (κ3) is 7.40. The molecule has 1 aliphatic rings. The summed E-state index contributed by atoms with van der Waals surface area (Å²) in [6.45, 7) is 4.27. The van der Waals surface area contributed by atoms with Gasteiger partial charge in [-0.25, -0.2) is 4.79 Å². The van der Waals surface area contributed by atoms with Gasteiger partial charge in [-0.3, -0.25) is 19.9 Å². The van der Waals surface area contributed by atoms with Crippen LogP contribution < -0.4 is 10.6 Å². The number of piperazine rings is 1. The van der Waals surface area contributed by atoms with Crippen molar-refractivity contribution in [2.45, 2.75) is 19.6 Å². The van der Waals surface area contributed by atoms with Crippen molar-refractivity contribution in [2.24, 2.45) is 0 Å². The molecule has 144 valence electrons. The van der Waals surface area contributed by atoms with E-state index in [1.807, 2.05) is 29.3 Å². The summed E-state index contributed by atoms with van der Waals surface area (Å²) in [5.41, 5.74) is 2.44. The lowest BCUT2D eigenvalue weighted by molar-refractivity contribution is -0.125. The highest BCUT2D eigenvalue weighted by molar-refractivity contribution is 5.95. The molecule has 0 bridgehead atoms. The van der Waals surface area contributed by atoms with Gasteiger partial charge in [0.15, 0.2) is 0 Å². The van der Waals surface area contributed by atoms with Gasteiger partial charge in [-0.15, -0.1) is 0 Å². The van der Waals surface area contributed by atoms with E-state index in [4.69, 9.17) is 0 Å². The molecule has 9 heteroatoms. The van der Waals surface area contributed by atoms with E-state index in [0.29, 0.717) is 13.1 Å². The average Bonchev–Trinajstić information content (AvgIpc) is 2.54. The van der Waals surface area contributed by atoms with Gasteiger partial charge in [-0.1, -0.05) is 29.8 Å². The normalized spacial score (nSPS) is 16.3. The first kappa shape index (κ1) is 20.2. The van der Waals surface area contributed by atoms with Crippen LogP contribution in [0.1, 0.15) is 11.1 Å². The number of hydrogen-bond acceptors (Lipinski definition) is 4. The highest BCUT2D eigenvalue weighted by atomic mass is 19.4. The molecule has 2 N–H and O–H groups in total. The molecule has 26 heavy (non-hydrogen) atoms. The summed E-state index contributed by atoms with van der Waals surface area (Å²) in [5, 5.41) is 3.52. The molecular weight excluding hydrogens is 349 g/mol. The van der Waals surface area contributed by atoms with Crippen LogP contribution in [0.3, 0.4) is 0 Å². The molecule has 1 aliphatic heterocycles. The van der Waals surface area contributed by atoms with Gasteiger partial charge >= 0.3 is 12.2 Å². The van der Waals surface area contributed by atoms with Gasteiger partial charge in [-0.2, -0.15) is 13.2 Å². The number of amides is 3. The van der Waals surface area contributed by atoms with E-state index in [0.717, 1.165) is 19.6 Å². The smallest absolute Gasteiger partial charge is 0.329 e. The van der Waals surface area contributed by atoms with Crippen molar-refractivity contribution in [1.29, 1.82) is 0 Å². The molecule has 1 fully saturated rings. The summed E-state index contributed by atoms with van der Waals surface area (Å²) >= 11 is 0. The fourth-order valence-electron chi connectivity index (χ4n) is 2.77. The van der Waals surface area contributed by atoms with Gasteiger partial charge in [0.25, 0.3) is 0 Å². The number of hydrogen-bond donors (Lipinski definition) is 2. The first-order chi connectivity index (χ1) is 12.2. The fraction of sp³-hybridized carbons (Fsp3) is 0.529. The lowest BCUT2D eigenvalue weighted by atomic mass is 10.1. The second kappa shape index (κ2) is 9.00. The Balaban J connectivity index is 1.68. The molecule has 6 nitrogen and oxygen atoms in total. The molecule has 0 saturated carbocycles. The van der Waals surface area contributed by atoms with E-state index in [1.165, 1.54) is 11.1 Å². The fourth-order valence-corrected chi connectivity index (χ4v) is 2.77. The molecular formula is C17H23F3N4O2. The summed E-state index contributed by atoms with van der Waals surface area (Å²) < 4.78 is 36.0. The van der Waals surface area contributed by atoms with Crippen LogP contribution in [0.5, 0.6) is 0 Å². The third-order valence-corrected chi connectivity index (χ3v) is 4.02. The Morgan fingerprint density at radius 3 is 2.38 bits per heavy atom. The van der Waals surface area contributed by atoms with E-state index in [2.05, 4.69) is 17.0 Å². The van der Waals surface area contributed by atoms with Gasteiger partial charge in [0.2, 0.25) is 5.91 Å². The molecule has 1 aromatic carbocycles. The number of nitrogens with one attached hydrogen (secondary N) is 2. The maximum atomic E-state index is 12.0. The number of halogens is 3. The predicted octanol–water partition coefficient (Wildman–Crippen LogP) is 1.50. The number of aryl methyl sites for hydroxylation is 1. The van der Waals surface area contributed by atoms with Crippen LogP contribution in [0, 0.1) is 6.92 Å². The Morgan fingerprint density at radius 2 is 1.77 bits per heavy atom. The van der Waals surface area contributed by atoms with Crippen LogP contribution in [0.15, 0.2) is 24.3 Å². The van der Waals surface area contributed by atoms with Crippen LogP contribution in [0.4, 0.5) is 18.0 Å². The third-order valence-electron chi connectivity index (χ3n) is 4.02. The lowest BCUT2D eigenvalue weighted by Gasteiger charge is -2.34. The van der Waals surface area contributed by atoms with E-state index >= 15 is 0 Å². The minimum Gasteiger partial charge on any atom is -0.329 e. The number of alkyl halides is 3. The Labute approximate surface area is 150 Å². The zero-order chi connectivity index (χ0) is 19.2. The molecule has 2 rings (SSSR count). The van der Waals surface area contributed by atoms with Crippen molar-refractivity contribution in [2.75, 3.05) is 39.3 Å². The SMILES string of the molecule is Cc1cccc(CN2CCN(CC(=O)NC(=O)NCC(F)(F)F)CC2)c1. The minimum atomic E-state index is -4.51. The summed E-state index contributed by atoms with van der Waals surface area (Å²) in [5.74, 6) is -0.614. The van der Waals surface area contributed by atoms with Gasteiger partial charge in [-0.05, 0) is 12.5 Å². The van der Waals surface area contributed by atoms with Gasteiger partial charge in [0, 0.05) is 32.7 Å². The number of carbonyl (C=O) groups excluding carboxylic acids is 2. The first-order valence-electron chi connectivity index (χ1n) is 8.36. The Kier molecular flexibility index (Phi) is 6.98. The Bertz CT molecular complexity index is 629. The van der Waals surface area contributed by atoms with Crippen molar-refractivity contribution in [3.63, 3.8) is 0 Å². The predicted molar refractivity (Wildman–Crippen MR) is 90.5 cm³/mol. The number of urea groups is 1. The number of benzene rings is 1. The molecule has 0 aliphatic carbocycles. The molecule has 0 unspecified atom stereocenters. The van der Waals surface area contributed by atoms with Gasteiger partial charge in [0.05, 0.1) is 6.54 Å². The summed E-state index contributed by atoms with van der Waals surface area (Å²) in [6, 6.07) is 7.15. The van der Waals surface area contributed by atoms with Gasteiger partial charge in [0.1, 0.15) is 6.54 Å². The quantitative estimate of drug-likeness (QED) is 0.822. The van der Waals surface area contributed by atoms with E-state index in [-0.39, 0.29) is 6.54 Å². The van der Waals surface area contributed by atoms with Crippen molar-refractivity contribution < 1.29 is 22.8 Å². The summed E-state index contributed by atoms with van der Waals surface area (Å²) in [7, 11) is 0. The molecule has 1 saturated heterocycles. The Hall–Kier alpha value is -2.13. The number of rotatable bonds is 5. The Morgan fingerprint density at radius 1 is 1.12 bits per heavy atom. The molecule has 1 heterocycles. The second-order valence-electron chi connectivity index (χ2n) is 6.39. The zero-order valence-corrected chi connectivity index (χ0v) is 14.6. The van der Waals surface area contributed by atoms with Crippen LogP contribution >= 0.6 is 0 Å². The van der Waals surface area contributed by atoms with Crippen molar-refractivity contribution >= 4 is 11.9 Å². The maximum absolute atomic E-state index is 12.0. The maximum Gasteiger partial charge on any atom is 0.405 e. The largest absolute Gasteiger partial charge is 0.405 e. The van der Waals surface area contributed by atoms with Crippen LogP contribution in [-0.4, -0.2) is 67.2 Å². The molecule has 0 radical (unpaired) electrons. The van der Waals surface area contributed by atoms with E-state index in [9.17, 15) is 22.8 Å². The highest BCUT2D eigenvalue weighted by Crippen LogP contribution is 2.12. The van der Waals surface area contributed by atoms with Crippen molar-refractivity contribution in [3.8, 4) is 0 Å². The summed E-state index contributed by atoms with van der Waals surface area (Å²) in [6.07, 6.45) is -4.51. The molecule has 0 aromatic heterocycles. The summed E-state index contributed by atoms with van der Waals surface area (Å²) in [4.78, 5) is 27.2. The molecule has 0 atom stereocenters. The average molecular weight is 372 g/mol. The monoisotopic (exact) mass is 372 g/mol. The van der Waals surface area contributed by atoms with Gasteiger partial charge < -0.3 is 5.32 Å². The topological polar surface area (TPSA) is 64.7 Å². The van der Waals surface area contributed by atoms with Crippen molar-refractivity contribution in [1.82, 2.24) is 20.4 Å². The number of nitrogens with zero attached hydrogens (tertiary/aromatic N) is 2. The molecule has 0 spiro atoms. The first-order valence-corrected chi connectivity index (χ1v) is 8.36. The zero-order valence-electron chi connectivity index (χ0n) is 14.6. The van der Waals surface area contributed by atoms with Crippen LogP contribution in [0.2, 0.25) is 0 Å². The van der Waals surface area contributed by atoms with Crippen molar-refractivity contribution in [3.05, 3.63) is 35.4 Å².